The molecule has 0 spiro atoms. The first-order chi connectivity index (χ1) is 16.1. The van der Waals surface area contributed by atoms with E-state index in [0.29, 0.717) is 18.9 Å². The Kier molecular flexibility index (Phi) is 7.42. The molecule has 2 aromatic carbocycles. The smallest absolute Gasteiger partial charge is 0.283 e. The van der Waals surface area contributed by atoms with Gasteiger partial charge in [-0.05, 0) is 64.0 Å². The van der Waals surface area contributed by atoms with Crippen LogP contribution in [0.1, 0.15) is 30.4 Å². The van der Waals surface area contributed by atoms with Crippen molar-refractivity contribution in [3.05, 3.63) is 59.7 Å². The summed E-state index contributed by atoms with van der Waals surface area (Å²) in [6.45, 7) is 6.68. The summed E-state index contributed by atoms with van der Waals surface area (Å²) in [5, 5.41) is 0. The topological polar surface area (TPSA) is 90.4 Å². The Balaban J connectivity index is 1.61. The van der Waals surface area contributed by atoms with Crippen molar-refractivity contribution < 1.29 is 16.8 Å². The predicted octanol–water partition coefficient (Wildman–Crippen LogP) is 2.84. The highest BCUT2D eigenvalue weighted by Crippen LogP contribution is 2.22. The van der Waals surface area contributed by atoms with Crippen molar-refractivity contribution in [3.8, 4) is 0 Å². The molecule has 184 valence electrons. The van der Waals surface area contributed by atoms with Gasteiger partial charge < -0.3 is 4.90 Å². The molecule has 8 nitrogen and oxygen atoms in total. The summed E-state index contributed by atoms with van der Waals surface area (Å²) >= 11 is 0. The normalized spacial score (nSPS) is 19.0. The SMILES string of the molecule is Cc1ccc(S(=O)(=O)/N=C(\CN2CCCCC2)N2CCN(S(=O)(=O)c3ccc(C)cc3)C2)cc1. The second-order valence-corrected chi connectivity index (χ2v) is 12.6. The fraction of sp³-hybridized carbons (Fsp3) is 0.458. The van der Waals surface area contributed by atoms with Gasteiger partial charge in [-0.15, -0.1) is 4.40 Å². The summed E-state index contributed by atoms with van der Waals surface area (Å²) < 4.78 is 58.2. The van der Waals surface area contributed by atoms with Crippen LogP contribution in [0.5, 0.6) is 0 Å². The van der Waals surface area contributed by atoms with Crippen molar-refractivity contribution in [2.75, 3.05) is 39.4 Å². The van der Waals surface area contributed by atoms with Crippen LogP contribution in [-0.2, 0) is 20.0 Å². The Morgan fingerprint density at radius 3 is 1.91 bits per heavy atom. The average Bonchev–Trinajstić information content (AvgIpc) is 3.31. The van der Waals surface area contributed by atoms with Crippen LogP contribution in [0.2, 0.25) is 0 Å². The quantitative estimate of drug-likeness (QED) is 0.444. The van der Waals surface area contributed by atoms with Crippen molar-refractivity contribution in [1.29, 1.82) is 0 Å². The van der Waals surface area contributed by atoms with E-state index in [1.165, 1.54) is 4.31 Å². The van der Waals surface area contributed by atoms with Gasteiger partial charge in [0.25, 0.3) is 10.0 Å². The Hall–Kier alpha value is -2.27. The van der Waals surface area contributed by atoms with E-state index in [-0.39, 0.29) is 23.0 Å². The van der Waals surface area contributed by atoms with E-state index in [1.807, 2.05) is 13.8 Å². The zero-order valence-electron chi connectivity index (χ0n) is 19.7. The minimum absolute atomic E-state index is 0.0757. The fourth-order valence-corrected chi connectivity index (χ4v) is 6.66. The van der Waals surface area contributed by atoms with Gasteiger partial charge in [-0.3, -0.25) is 4.90 Å². The van der Waals surface area contributed by atoms with Gasteiger partial charge in [-0.25, -0.2) is 8.42 Å². The molecule has 0 saturated carbocycles. The van der Waals surface area contributed by atoms with Gasteiger partial charge in [0.15, 0.2) is 0 Å². The molecule has 0 bridgehead atoms. The zero-order chi connectivity index (χ0) is 24.3. The van der Waals surface area contributed by atoms with Gasteiger partial charge in [-0.2, -0.15) is 12.7 Å². The molecule has 10 heteroatoms. The molecule has 0 amide bonds. The predicted molar refractivity (Wildman–Crippen MR) is 133 cm³/mol. The van der Waals surface area contributed by atoms with Gasteiger partial charge in [0.2, 0.25) is 10.0 Å². The first-order valence-electron chi connectivity index (χ1n) is 11.6. The van der Waals surface area contributed by atoms with Crippen molar-refractivity contribution in [2.45, 2.75) is 42.9 Å². The molecule has 4 rings (SSSR count). The third kappa shape index (κ3) is 5.68. The number of rotatable bonds is 6. The van der Waals surface area contributed by atoms with Crippen molar-refractivity contribution in [1.82, 2.24) is 14.1 Å². The number of sulfonamides is 2. The maximum absolute atomic E-state index is 13.2. The molecule has 2 aliphatic heterocycles. The van der Waals surface area contributed by atoms with E-state index < -0.39 is 20.0 Å². The largest absolute Gasteiger partial charge is 0.343 e. The second-order valence-electron chi connectivity index (χ2n) is 9.03. The van der Waals surface area contributed by atoms with Crippen molar-refractivity contribution in [3.63, 3.8) is 0 Å². The van der Waals surface area contributed by atoms with E-state index >= 15 is 0 Å². The van der Waals surface area contributed by atoms with E-state index in [1.54, 1.807) is 53.4 Å². The fourth-order valence-electron chi connectivity index (χ4n) is 4.24. The minimum Gasteiger partial charge on any atom is -0.343 e. The van der Waals surface area contributed by atoms with E-state index in [2.05, 4.69) is 9.30 Å². The highest BCUT2D eigenvalue weighted by atomic mass is 32.2. The van der Waals surface area contributed by atoms with Crippen LogP contribution < -0.4 is 0 Å². The molecule has 0 aromatic heterocycles. The highest BCUT2D eigenvalue weighted by molar-refractivity contribution is 7.90. The minimum atomic E-state index is -3.92. The number of piperidine rings is 1. The molecule has 0 radical (unpaired) electrons. The third-order valence-corrected chi connectivity index (χ3v) is 9.49. The first kappa shape index (κ1) is 24.8. The van der Waals surface area contributed by atoms with E-state index in [0.717, 1.165) is 43.5 Å². The number of nitrogens with zero attached hydrogens (tertiary/aromatic N) is 4. The van der Waals surface area contributed by atoms with Gasteiger partial charge in [-0.1, -0.05) is 41.8 Å². The Bertz CT molecular complexity index is 1230. The molecular weight excluding hydrogens is 472 g/mol. The molecule has 2 heterocycles. The summed E-state index contributed by atoms with van der Waals surface area (Å²) in [5.74, 6) is 0.393. The molecule has 0 N–H and O–H groups in total. The van der Waals surface area contributed by atoms with Crippen LogP contribution in [0.25, 0.3) is 0 Å². The lowest BCUT2D eigenvalue weighted by atomic mass is 10.1. The Morgan fingerprint density at radius 2 is 1.32 bits per heavy atom. The first-order valence-corrected chi connectivity index (χ1v) is 14.5. The summed E-state index contributed by atoms with van der Waals surface area (Å²) in [4.78, 5) is 4.36. The van der Waals surface area contributed by atoms with Crippen LogP contribution in [0, 0.1) is 13.8 Å². The van der Waals surface area contributed by atoms with Gasteiger partial charge in [0.05, 0.1) is 23.0 Å². The maximum atomic E-state index is 13.2. The summed E-state index contributed by atoms with van der Waals surface area (Å²) in [6.07, 6.45) is 3.29. The monoisotopic (exact) mass is 504 g/mol. The van der Waals surface area contributed by atoms with Crippen LogP contribution in [0.15, 0.2) is 62.7 Å². The van der Waals surface area contributed by atoms with E-state index in [4.69, 9.17) is 0 Å². The molecule has 2 aliphatic rings. The second kappa shape index (κ2) is 10.2. The van der Waals surface area contributed by atoms with Gasteiger partial charge in [0, 0.05) is 13.1 Å². The zero-order valence-corrected chi connectivity index (χ0v) is 21.4. The van der Waals surface area contributed by atoms with Crippen LogP contribution >= 0.6 is 0 Å². The van der Waals surface area contributed by atoms with Crippen LogP contribution in [0.3, 0.4) is 0 Å². The summed E-state index contributed by atoms with van der Waals surface area (Å²) in [6, 6.07) is 13.4. The maximum Gasteiger partial charge on any atom is 0.283 e. The molecule has 0 atom stereocenters. The molecule has 0 aliphatic carbocycles. The molecule has 34 heavy (non-hydrogen) atoms. The number of likely N-dealkylation sites (tertiary alicyclic amines) is 1. The average molecular weight is 505 g/mol. The lowest BCUT2D eigenvalue weighted by molar-refractivity contribution is 0.250. The number of benzene rings is 2. The van der Waals surface area contributed by atoms with Crippen LogP contribution in [-0.4, -0.2) is 76.2 Å². The van der Waals surface area contributed by atoms with E-state index in [9.17, 15) is 16.8 Å². The number of aryl methyl sites for hydroxylation is 2. The van der Waals surface area contributed by atoms with Crippen molar-refractivity contribution >= 4 is 25.9 Å². The standard InChI is InChI=1S/C24H32N4O4S2/c1-20-6-10-22(11-7-20)33(29,30)25-24(18-26-14-4-3-5-15-26)27-16-17-28(19-27)34(31,32)23-12-8-21(2)9-13-23/h6-13H,3-5,14-19H2,1-2H3/b25-24+. The highest BCUT2D eigenvalue weighted by Gasteiger charge is 2.34. The Labute approximate surface area is 203 Å². The molecule has 2 saturated heterocycles. The molecule has 0 unspecified atom stereocenters. The van der Waals surface area contributed by atoms with Crippen LogP contribution in [0.4, 0.5) is 0 Å². The van der Waals surface area contributed by atoms with Gasteiger partial charge in [0.1, 0.15) is 5.84 Å². The van der Waals surface area contributed by atoms with Crippen molar-refractivity contribution in [2.24, 2.45) is 4.40 Å². The number of amidine groups is 1. The third-order valence-electron chi connectivity index (χ3n) is 6.33. The molecule has 2 fully saturated rings. The Morgan fingerprint density at radius 1 is 0.765 bits per heavy atom. The number of hydrogen-bond acceptors (Lipinski definition) is 5. The summed E-state index contributed by atoms with van der Waals surface area (Å²) in [7, 11) is -7.60. The molecular formula is C24H32N4O4S2. The lowest BCUT2D eigenvalue weighted by Gasteiger charge is -2.30. The summed E-state index contributed by atoms with van der Waals surface area (Å²) in [5.41, 5.74) is 1.95. The van der Waals surface area contributed by atoms with Gasteiger partial charge >= 0.3 is 0 Å². The molecule has 2 aromatic rings. The number of hydrogen-bond donors (Lipinski definition) is 0. The lowest BCUT2D eigenvalue weighted by Crippen LogP contribution is -2.43.